The molecule has 2 aliphatic rings. The third kappa shape index (κ3) is 3.79. The molecule has 1 aromatic rings. The van der Waals surface area contributed by atoms with Gasteiger partial charge in [-0.15, -0.1) is 0 Å². The Labute approximate surface area is 157 Å². The Kier molecular flexibility index (Phi) is 5.14. The molecule has 1 aromatic carbocycles. The Morgan fingerprint density at radius 3 is 2.46 bits per heavy atom. The zero-order valence-corrected chi connectivity index (χ0v) is 16.7. The molecular formula is C22H32N2O2. The lowest BCUT2D eigenvalue weighted by atomic mass is 9.63. The zero-order chi connectivity index (χ0) is 18.9. The van der Waals surface area contributed by atoms with Gasteiger partial charge in [-0.05, 0) is 59.8 Å². The van der Waals surface area contributed by atoms with Crippen LogP contribution in [0, 0.1) is 0 Å². The minimum atomic E-state index is -0.0141. The number of amides is 2. The van der Waals surface area contributed by atoms with Gasteiger partial charge in [-0.25, -0.2) is 0 Å². The Balaban J connectivity index is 1.62. The Morgan fingerprint density at radius 1 is 1.12 bits per heavy atom. The molecule has 1 fully saturated rings. The Bertz CT molecular complexity index is 706. The highest BCUT2D eigenvalue weighted by atomic mass is 16.2. The van der Waals surface area contributed by atoms with Crippen LogP contribution in [0.2, 0.25) is 0 Å². The molecular weight excluding hydrogens is 324 g/mol. The molecule has 0 aromatic heterocycles. The second kappa shape index (κ2) is 7.05. The molecule has 1 aliphatic heterocycles. The molecule has 0 bridgehead atoms. The number of fused-ring (bicyclic) bond motifs is 1. The van der Waals surface area contributed by atoms with E-state index in [-0.39, 0.29) is 22.6 Å². The van der Waals surface area contributed by atoms with Crippen LogP contribution in [0.3, 0.4) is 0 Å². The van der Waals surface area contributed by atoms with Gasteiger partial charge in [0.1, 0.15) is 0 Å². The summed E-state index contributed by atoms with van der Waals surface area (Å²) in [6, 6.07) is 6.20. The average molecular weight is 357 g/mol. The largest absolute Gasteiger partial charge is 0.352 e. The van der Waals surface area contributed by atoms with Gasteiger partial charge in [-0.2, -0.15) is 0 Å². The van der Waals surface area contributed by atoms with Gasteiger partial charge in [0.05, 0.1) is 0 Å². The SMILES string of the molecule is CC1(C)CCC(C)(C)c2cc(C(=O)NCCCN3CCCC3=O)ccc21. The number of hydrogen-bond donors (Lipinski definition) is 1. The lowest BCUT2D eigenvalue weighted by Crippen LogP contribution is -2.35. The standard InChI is InChI=1S/C22H32N2O2/c1-21(2)10-11-22(3,4)18-15-16(8-9-17(18)21)20(26)23-12-6-14-24-13-5-7-19(24)25/h8-9,15H,5-7,10-14H2,1-4H3,(H,23,26). The van der Waals surface area contributed by atoms with Gasteiger partial charge < -0.3 is 10.2 Å². The molecule has 0 saturated carbocycles. The first-order valence-electron chi connectivity index (χ1n) is 9.92. The van der Waals surface area contributed by atoms with E-state index in [4.69, 9.17) is 0 Å². The van der Waals surface area contributed by atoms with E-state index < -0.39 is 0 Å². The number of nitrogens with zero attached hydrogens (tertiary/aromatic N) is 1. The number of rotatable bonds is 5. The predicted molar refractivity (Wildman–Crippen MR) is 104 cm³/mol. The highest BCUT2D eigenvalue weighted by Gasteiger charge is 2.37. The van der Waals surface area contributed by atoms with Crippen molar-refractivity contribution in [2.24, 2.45) is 0 Å². The average Bonchev–Trinajstić information content (AvgIpc) is 3.00. The number of nitrogens with one attached hydrogen (secondary N) is 1. The molecule has 4 heteroatoms. The first kappa shape index (κ1) is 18.9. The van der Waals surface area contributed by atoms with Crippen LogP contribution in [-0.2, 0) is 15.6 Å². The minimum absolute atomic E-state index is 0.0141. The van der Waals surface area contributed by atoms with Crippen molar-refractivity contribution in [3.8, 4) is 0 Å². The van der Waals surface area contributed by atoms with E-state index in [9.17, 15) is 9.59 Å². The van der Waals surface area contributed by atoms with E-state index in [0.29, 0.717) is 13.0 Å². The fourth-order valence-electron chi connectivity index (χ4n) is 4.24. The fourth-order valence-corrected chi connectivity index (χ4v) is 4.24. The molecule has 0 atom stereocenters. The van der Waals surface area contributed by atoms with Gasteiger partial charge in [0.2, 0.25) is 5.91 Å². The fraction of sp³-hybridized carbons (Fsp3) is 0.636. The molecule has 1 N–H and O–H groups in total. The molecule has 1 heterocycles. The summed E-state index contributed by atoms with van der Waals surface area (Å²) in [5.74, 6) is 0.232. The monoisotopic (exact) mass is 356 g/mol. The van der Waals surface area contributed by atoms with E-state index in [1.165, 1.54) is 17.5 Å². The summed E-state index contributed by atoms with van der Waals surface area (Å²) in [4.78, 5) is 26.1. The lowest BCUT2D eigenvalue weighted by Gasteiger charge is -2.42. The normalized spacial score (nSPS) is 20.8. The van der Waals surface area contributed by atoms with Crippen molar-refractivity contribution in [1.82, 2.24) is 10.2 Å². The third-order valence-electron chi connectivity index (χ3n) is 6.18. The summed E-state index contributed by atoms with van der Waals surface area (Å²) >= 11 is 0. The van der Waals surface area contributed by atoms with Gasteiger partial charge in [0, 0.05) is 31.6 Å². The van der Waals surface area contributed by atoms with Gasteiger partial charge in [0.25, 0.3) is 5.91 Å². The highest BCUT2D eigenvalue weighted by Crippen LogP contribution is 2.45. The number of hydrogen-bond acceptors (Lipinski definition) is 2. The second-order valence-corrected chi connectivity index (χ2v) is 9.12. The van der Waals surface area contributed by atoms with Crippen molar-refractivity contribution in [2.45, 2.75) is 70.6 Å². The van der Waals surface area contributed by atoms with Crippen LogP contribution in [0.15, 0.2) is 18.2 Å². The first-order chi connectivity index (χ1) is 12.2. The molecule has 0 spiro atoms. The molecule has 0 radical (unpaired) electrons. The number of likely N-dealkylation sites (tertiary alicyclic amines) is 1. The zero-order valence-electron chi connectivity index (χ0n) is 16.7. The van der Waals surface area contributed by atoms with Crippen molar-refractivity contribution in [3.63, 3.8) is 0 Å². The summed E-state index contributed by atoms with van der Waals surface area (Å²) in [6.07, 6.45) is 4.76. The number of benzene rings is 1. The van der Waals surface area contributed by atoms with Crippen LogP contribution in [0.4, 0.5) is 0 Å². The van der Waals surface area contributed by atoms with Crippen LogP contribution >= 0.6 is 0 Å². The minimum Gasteiger partial charge on any atom is -0.352 e. The maximum Gasteiger partial charge on any atom is 0.251 e. The van der Waals surface area contributed by atoms with Crippen molar-refractivity contribution < 1.29 is 9.59 Å². The summed E-state index contributed by atoms with van der Waals surface area (Å²) in [5, 5.41) is 3.02. The van der Waals surface area contributed by atoms with Crippen molar-refractivity contribution in [3.05, 3.63) is 34.9 Å². The van der Waals surface area contributed by atoms with E-state index in [1.807, 2.05) is 11.0 Å². The predicted octanol–water partition coefficient (Wildman–Crippen LogP) is 3.78. The van der Waals surface area contributed by atoms with E-state index in [1.54, 1.807) is 0 Å². The van der Waals surface area contributed by atoms with E-state index in [0.717, 1.165) is 37.9 Å². The van der Waals surface area contributed by atoms with Gasteiger partial charge in [-0.1, -0.05) is 33.8 Å². The lowest BCUT2D eigenvalue weighted by molar-refractivity contribution is -0.127. The van der Waals surface area contributed by atoms with Crippen molar-refractivity contribution in [2.75, 3.05) is 19.6 Å². The van der Waals surface area contributed by atoms with Gasteiger partial charge in [-0.3, -0.25) is 9.59 Å². The summed E-state index contributed by atoms with van der Waals surface area (Å²) < 4.78 is 0. The topological polar surface area (TPSA) is 49.4 Å². The second-order valence-electron chi connectivity index (χ2n) is 9.12. The maximum atomic E-state index is 12.6. The van der Waals surface area contributed by atoms with E-state index >= 15 is 0 Å². The number of carbonyl (C=O) groups is 2. The molecule has 3 rings (SSSR count). The highest BCUT2D eigenvalue weighted by molar-refractivity contribution is 5.94. The van der Waals surface area contributed by atoms with Crippen molar-refractivity contribution in [1.29, 1.82) is 0 Å². The van der Waals surface area contributed by atoms with Crippen LogP contribution in [0.25, 0.3) is 0 Å². The molecule has 1 saturated heterocycles. The molecule has 4 nitrogen and oxygen atoms in total. The molecule has 0 unspecified atom stereocenters. The smallest absolute Gasteiger partial charge is 0.251 e. The first-order valence-corrected chi connectivity index (χ1v) is 9.92. The summed E-state index contributed by atoms with van der Waals surface area (Å²) in [5.41, 5.74) is 3.70. The molecule has 142 valence electrons. The Morgan fingerprint density at radius 2 is 1.81 bits per heavy atom. The van der Waals surface area contributed by atoms with Gasteiger partial charge >= 0.3 is 0 Å². The van der Waals surface area contributed by atoms with Crippen LogP contribution in [0.5, 0.6) is 0 Å². The molecule has 26 heavy (non-hydrogen) atoms. The van der Waals surface area contributed by atoms with E-state index in [2.05, 4.69) is 45.1 Å². The van der Waals surface area contributed by atoms with Crippen molar-refractivity contribution >= 4 is 11.8 Å². The maximum absolute atomic E-state index is 12.6. The number of carbonyl (C=O) groups excluding carboxylic acids is 2. The molecule has 2 amide bonds. The van der Waals surface area contributed by atoms with Gasteiger partial charge in [0.15, 0.2) is 0 Å². The van der Waals surface area contributed by atoms with Crippen LogP contribution < -0.4 is 5.32 Å². The summed E-state index contributed by atoms with van der Waals surface area (Å²) in [6.45, 7) is 11.3. The van der Waals surface area contributed by atoms with Crippen LogP contribution in [-0.4, -0.2) is 36.3 Å². The Hall–Kier alpha value is -1.84. The molecule has 1 aliphatic carbocycles. The quantitative estimate of drug-likeness (QED) is 0.816. The van der Waals surface area contributed by atoms with Crippen LogP contribution in [0.1, 0.15) is 81.3 Å². The summed E-state index contributed by atoms with van der Waals surface area (Å²) in [7, 11) is 0. The third-order valence-corrected chi connectivity index (χ3v) is 6.18.